The van der Waals surface area contributed by atoms with E-state index in [9.17, 15) is 31.1 Å². The van der Waals surface area contributed by atoms with Crippen LogP contribution in [0.1, 0.15) is 24.2 Å². The van der Waals surface area contributed by atoms with Gasteiger partial charge in [0, 0.05) is 25.2 Å². The number of benzene rings is 3. The van der Waals surface area contributed by atoms with Crippen molar-refractivity contribution in [1.29, 1.82) is 0 Å². The maximum absolute atomic E-state index is 13.6. The minimum Gasteiger partial charge on any atom is -0.488 e. The van der Waals surface area contributed by atoms with Crippen molar-refractivity contribution in [2.75, 3.05) is 31.5 Å². The number of hydrogen-bond donors (Lipinski definition) is 2. The number of amides is 1. The Labute approximate surface area is 239 Å². The van der Waals surface area contributed by atoms with Gasteiger partial charge in [-0.3, -0.25) is 9.52 Å². The van der Waals surface area contributed by atoms with Crippen molar-refractivity contribution >= 4 is 31.6 Å². The number of sulfonamides is 2. The van der Waals surface area contributed by atoms with Gasteiger partial charge in [-0.15, -0.1) is 0 Å². The molecule has 3 aromatic carbocycles. The zero-order valence-corrected chi connectivity index (χ0v) is 24.4. The Morgan fingerprint density at radius 2 is 1.71 bits per heavy atom. The molecule has 13 heteroatoms. The molecule has 4 rings (SSSR count). The fourth-order valence-corrected chi connectivity index (χ4v) is 6.71. The van der Waals surface area contributed by atoms with Crippen LogP contribution in [0.25, 0.3) is 0 Å². The number of carbonyl (C=O) groups excluding carboxylic acids is 1. The highest BCUT2D eigenvalue weighted by Gasteiger charge is 2.35. The Morgan fingerprint density at radius 1 is 1.05 bits per heavy atom. The van der Waals surface area contributed by atoms with Crippen LogP contribution in [0.15, 0.2) is 82.6 Å². The first-order valence-corrected chi connectivity index (χ1v) is 15.8. The molecule has 0 saturated heterocycles. The van der Waals surface area contributed by atoms with E-state index in [2.05, 4.69) is 4.72 Å². The van der Waals surface area contributed by atoms with Crippen molar-refractivity contribution in [2.24, 2.45) is 5.92 Å². The van der Waals surface area contributed by atoms with Gasteiger partial charge in [0.15, 0.2) is 0 Å². The number of likely N-dealkylation sites (N-methyl/N-ethyl adjacent to an activating group) is 1. The number of fused-ring (bicyclic) bond motifs is 1. The van der Waals surface area contributed by atoms with E-state index in [0.717, 1.165) is 16.4 Å². The van der Waals surface area contributed by atoms with Crippen molar-refractivity contribution in [2.45, 2.75) is 35.8 Å². The third-order valence-electron chi connectivity index (χ3n) is 6.93. The zero-order chi connectivity index (χ0) is 29.9. The number of ether oxygens (including phenoxy) is 1. The molecular formula is C28H32FN3O7S2. The first kappa shape index (κ1) is 30.4. The van der Waals surface area contributed by atoms with Gasteiger partial charge in [0.2, 0.25) is 10.0 Å². The van der Waals surface area contributed by atoms with Crippen LogP contribution < -0.4 is 9.46 Å². The molecule has 0 radical (unpaired) electrons. The van der Waals surface area contributed by atoms with E-state index in [-0.39, 0.29) is 52.4 Å². The first-order valence-electron chi connectivity index (χ1n) is 12.9. The van der Waals surface area contributed by atoms with Gasteiger partial charge in [0.05, 0.1) is 34.5 Å². The number of aliphatic hydroxyl groups is 1. The molecule has 3 aromatic rings. The maximum atomic E-state index is 13.6. The van der Waals surface area contributed by atoms with Crippen LogP contribution in [-0.2, 0) is 20.0 Å². The Balaban J connectivity index is 1.68. The predicted octanol–water partition coefficient (Wildman–Crippen LogP) is 3.17. The van der Waals surface area contributed by atoms with Crippen LogP contribution in [0.5, 0.6) is 5.75 Å². The summed E-state index contributed by atoms with van der Waals surface area (Å²) in [6.07, 6.45) is -0.734. The largest absolute Gasteiger partial charge is 0.488 e. The van der Waals surface area contributed by atoms with Gasteiger partial charge in [0.1, 0.15) is 17.7 Å². The predicted molar refractivity (Wildman–Crippen MR) is 151 cm³/mol. The molecular weight excluding hydrogens is 573 g/mol. The van der Waals surface area contributed by atoms with E-state index in [4.69, 9.17) is 4.74 Å². The molecule has 0 spiro atoms. The van der Waals surface area contributed by atoms with Crippen molar-refractivity contribution in [3.05, 3.63) is 84.2 Å². The molecule has 0 unspecified atom stereocenters. The molecule has 1 aliphatic heterocycles. The van der Waals surface area contributed by atoms with Gasteiger partial charge in [-0.1, -0.05) is 25.1 Å². The number of halogens is 1. The number of aliphatic hydroxyl groups excluding tert-OH is 1. The summed E-state index contributed by atoms with van der Waals surface area (Å²) in [7, 11) is -6.54. The lowest BCUT2D eigenvalue weighted by molar-refractivity contribution is 0.0387. The summed E-state index contributed by atoms with van der Waals surface area (Å²) in [4.78, 5) is 15.1. The van der Waals surface area contributed by atoms with Crippen LogP contribution in [0.3, 0.4) is 0 Å². The number of hydrogen-bond acceptors (Lipinski definition) is 7. The number of rotatable bonds is 9. The third kappa shape index (κ3) is 6.70. The SMILES string of the molecule is C[C@@H]1CN([C@H](C)CO)C(=O)c2cc(NS(=O)(=O)c3ccccc3)ccc2O[C@@H]1CN(C)S(=O)(=O)c1ccc(F)cc1. The topological polar surface area (TPSA) is 133 Å². The van der Waals surface area contributed by atoms with Gasteiger partial charge >= 0.3 is 0 Å². The van der Waals surface area contributed by atoms with E-state index >= 15 is 0 Å². The summed E-state index contributed by atoms with van der Waals surface area (Å²) < 4.78 is 75.3. The number of carbonyl (C=O) groups is 1. The molecule has 0 fully saturated rings. The second-order valence-electron chi connectivity index (χ2n) is 9.99. The van der Waals surface area contributed by atoms with E-state index in [1.807, 2.05) is 0 Å². The van der Waals surface area contributed by atoms with E-state index < -0.39 is 43.9 Å². The fraction of sp³-hybridized carbons (Fsp3) is 0.321. The van der Waals surface area contributed by atoms with E-state index in [1.54, 1.807) is 32.0 Å². The summed E-state index contributed by atoms with van der Waals surface area (Å²) in [5, 5.41) is 9.87. The highest BCUT2D eigenvalue weighted by Crippen LogP contribution is 2.32. The third-order valence-corrected chi connectivity index (χ3v) is 10.2. The smallest absolute Gasteiger partial charge is 0.261 e. The van der Waals surface area contributed by atoms with Gasteiger partial charge in [-0.25, -0.2) is 21.2 Å². The minimum atomic E-state index is -3.99. The van der Waals surface area contributed by atoms with Crippen molar-refractivity contribution < 1.29 is 35.9 Å². The second kappa shape index (κ2) is 12.1. The molecule has 1 aliphatic rings. The Bertz CT molecular complexity index is 1600. The molecule has 41 heavy (non-hydrogen) atoms. The van der Waals surface area contributed by atoms with E-state index in [1.165, 1.54) is 54.4 Å². The van der Waals surface area contributed by atoms with Gasteiger partial charge in [-0.05, 0) is 61.5 Å². The standard InChI is InChI=1S/C28H32FN3O7S2/c1-19-16-32(20(2)18-33)28(34)25-15-22(30-40(35,36)23-7-5-4-6-8-23)11-14-26(25)39-27(19)17-31(3)41(37,38)24-12-9-21(29)10-13-24/h4-15,19-20,27,30,33H,16-18H2,1-3H3/t19-,20-,27-/m1/s1. The summed E-state index contributed by atoms with van der Waals surface area (Å²) in [5.74, 6) is -1.27. The van der Waals surface area contributed by atoms with Gasteiger partial charge in [-0.2, -0.15) is 4.31 Å². The summed E-state index contributed by atoms with van der Waals surface area (Å²) in [6, 6.07) is 15.9. The average molecular weight is 606 g/mol. The Morgan fingerprint density at radius 3 is 2.34 bits per heavy atom. The molecule has 1 heterocycles. The zero-order valence-electron chi connectivity index (χ0n) is 22.8. The lowest BCUT2D eigenvalue weighted by atomic mass is 9.99. The van der Waals surface area contributed by atoms with Crippen LogP contribution in [0, 0.1) is 11.7 Å². The van der Waals surface area contributed by atoms with E-state index in [0.29, 0.717) is 0 Å². The molecule has 0 aliphatic carbocycles. The highest BCUT2D eigenvalue weighted by molar-refractivity contribution is 7.92. The van der Waals surface area contributed by atoms with Crippen molar-refractivity contribution in [1.82, 2.24) is 9.21 Å². The minimum absolute atomic E-state index is 0.0455. The molecule has 0 bridgehead atoms. The first-order chi connectivity index (χ1) is 19.3. The quantitative estimate of drug-likeness (QED) is 0.383. The normalized spacial score (nSPS) is 18.7. The molecule has 2 N–H and O–H groups in total. The molecule has 1 amide bonds. The lowest BCUT2D eigenvalue weighted by Crippen LogP contribution is -2.50. The fourth-order valence-electron chi connectivity index (χ4n) is 4.46. The molecule has 10 nitrogen and oxygen atoms in total. The van der Waals surface area contributed by atoms with Crippen molar-refractivity contribution in [3.63, 3.8) is 0 Å². The van der Waals surface area contributed by atoms with Crippen LogP contribution in [0.4, 0.5) is 10.1 Å². The molecule has 3 atom stereocenters. The molecule has 220 valence electrons. The van der Waals surface area contributed by atoms with Gasteiger partial charge < -0.3 is 14.7 Å². The lowest BCUT2D eigenvalue weighted by Gasteiger charge is -2.38. The number of nitrogens with zero attached hydrogens (tertiary/aromatic N) is 2. The second-order valence-corrected chi connectivity index (χ2v) is 13.7. The average Bonchev–Trinajstić information content (AvgIpc) is 2.95. The number of anilines is 1. The Kier molecular flexibility index (Phi) is 9.02. The number of nitrogens with one attached hydrogen (secondary N) is 1. The monoisotopic (exact) mass is 605 g/mol. The van der Waals surface area contributed by atoms with Gasteiger partial charge in [0.25, 0.3) is 15.9 Å². The Hall–Kier alpha value is -3.52. The van der Waals surface area contributed by atoms with Crippen molar-refractivity contribution in [3.8, 4) is 5.75 Å². The summed E-state index contributed by atoms with van der Waals surface area (Å²) in [5.41, 5.74) is 0.182. The van der Waals surface area contributed by atoms with Crippen LogP contribution >= 0.6 is 0 Å². The molecule has 0 saturated carbocycles. The highest BCUT2D eigenvalue weighted by atomic mass is 32.2. The van der Waals surface area contributed by atoms with Crippen LogP contribution in [0.2, 0.25) is 0 Å². The summed E-state index contributed by atoms with van der Waals surface area (Å²) >= 11 is 0. The summed E-state index contributed by atoms with van der Waals surface area (Å²) in [6.45, 7) is 3.20. The van der Waals surface area contributed by atoms with Crippen LogP contribution in [-0.4, -0.2) is 75.9 Å². The molecule has 0 aromatic heterocycles. The maximum Gasteiger partial charge on any atom is 0.261 e.